The van der Waals surface area contributed by atoms with Crippen LogP contribution in [0.2, 0.25) is 0 Å². The lowest BCUT2D eigenvalue weighted by molar-refractivity contribution is -0.384. The van der Waals surface area contributed by atoms with E-state index >= 15 is 0 Å². The molecule has 1 unspecified atom stereocenters. The van der Waals surface area contributed by atoms with Crippen LogP contribution in [0.5, 0.6) is 11.5 Å². The number of likely N-dealkylation sites (N-methyl/N-ethyl adjacent to an activating group) is 1. The van der Waals surface area contributed by atoms with Gasteiger partial charge in [0, 0.05) is 29.9 Å². The molecule has 0 aliphatic carbocycles. The normalized spacial score (nSPS) is 11.7. The van der Waals surface area contributed by atoms with Crippen LogP contribution in [0.4, 0.5) is 11.4 Å². The Morgan fingerprint density at radius 3 is 2.41 bits per heavy atom. The van der Waals surface area contributed by atoms with Crippen LogP contribution in [-0.2, 0) is 11.3 Å². The minimum atomic E-state index is -0.483. The van der Waals surface area contributed by atoms with Gasteiger partial charge in [0.2, 0.25) is 5.91 Å². The molecule has 0 bridgehead atoms. The summed E-state index contributed by atoms with van der Waals surface area (Å²) in [5.41, 5.74) is 1.38. The van der Waals surface area contributed by atoms with Crippen molar-refractivity contribution in [2.75, 3.05) is 26.6 Å². The van der Waals surface area contributed by atoms with Crippen molar-refractivity contribution in [1.29, 1.82) is 0 Å². The van der Waals surface area contributed by atoms with E-state index in [9.17, 15) is 14.9 Å². The fraction of sp³-hybridized carbons (Fsp3) is 0.316. The summed E-state index contributed by atoms with van der Waals surface area (Å²) in [6.45, 7) is 2.27. The summed E-state index contributed by atoms with van der Waals surface area (Å²) in [6, 6.07) is 10.9. The number of para-hydroxylation sites is 1. The summed E-state index contributed by atoms with van der Waals surface area (Å²) in [7, 11) is 4.98. The zero-order valence-corrected chi connectivity index (χ0v) is 15.8. The fourth-order valence-electron chi connectivity index (χ4n) is 2.60. The lowest BCUT2D eigenvalue weighted by Crippen LogP contribution is -2.39. The van der Waals surface area contributed by atoms with E-state index in [-0.39, 0.29) is 11.6 Å². The zero-order valence-electron chi connectivity index (χ0n) is 15.8. The van der Waals surface area contributed by atoms with E-state index in [0.717, 1.165) is 5.56 Å². The van der Waals surface area contributed by atoms with Gasteiger partial charge in [0.05, 0.1) is 25.2 Å². The number of methoxy groups -OCH3 is 2. The number of nitro benzene ring substituents is 1. The summed E-state index contributed by atoms with van der Waals surface area (Å²) in [5, 5.41) is 13.5. The van der Waals surface area contributed by atoms with Gasteiger partial charge in [0.25, 0.3) is 5.69 Å². The summed E-state index contributed by atoms with van der Waals surface area (Å²) in [6.07, 6.45) is 0. The molecule has 0 heterocycles. The van der Waals surface area contributed by atoms with Gasteiger partial charge in [-0.25, -0.2) is 0 Å². The average Bonchev–Trinajstić information content (AvgIpc) is 2.67. The second-order valence-electron chi connectivity index (χ2n) is 6.04. The van der Waals surface area contributed by atoms with Crippen LogP contribution in [0.25, 0.3) is 0 Å². The summed E-state index contributed by atoms with van der Waals surface area (Å²) < 4.78 is 10.7. The van der Waals surface area contributed by atoms with Crippen LogP contribution in [0.3, 0.4) is 0 Å². The van der Waals surface area contributed by atoms with Crippen molar-refractivity contribution in [3.8, 4) is 11.5 Å². The number of nitrogens with one attached hydrogen (secondary N) is 1. The van der Waals surface area contributed by atoms with Crippen molar-refractivity contribution in [2.45, 2.75) is 19.5 Å². The molecular formula is C19H23N3O5. The molecule has 8 heteroatoms. The van der Waals surface area contributed by atoms with Gasteiger partial charge < -0.3 is 14.8 Å². The van der Waals surface area contributed by atoms with Gasteiger partial charge in [-0.2, -0.15) is 0 Å². The van der Waals surface area contributed by atoms with Crippen LogP contribution >= 0.6 is 0 Å². The van der Waals surface area contributed by atoms with Gasteiger partial charge in [-0.3, -0.25) is 19.8 Å². The highest BCUT2D eigenvalue weighted by atomic mass is 16.6. The Morgan fingerprint density at radius 2 is 1.85 bits per heavy atom. The highest BCUT2D eigenvalue weighted by Crippen LogP contribution is 2.31. The van der Waals surface area contributed by atoms with Crippen LogP contribution in [0.15, 0.2) is 42.5 Å². The Balaban J connectivity index is 2.05. The highest BCUT2D eigenvalue weighted by Gasteiger charge is 2.20. The van der Waals surface area contributed by atoms with Crippen molar-refractivity contribution in [3.05, 3.63) is 58.1 Å². The molecule has 0 aliphatic rings. The molecule has 2 aromatic carbocycles. The maximum Gasteiger partial charge on any atom is 0.269 e. The van der Waals surface area contributed by atoms with Crippen molar-refractivity contribution in [1.82, 2.24) is 4.90 Å². The van der Waals surface area contributed by atoms with E-state index in [1.54, 1.807) is 21.1 Å². The molecule has 0 radical (unpaired) electrons. The van der Waals surface area contributed by atoms with Gasteiger partial charge in [0.15, 0.2) is 11.5 Å². The molecule has 0 saturated carbocycles. The number of non-ortho nitro benzene ring substituents is 1. The predicted octanol–water partition coefficient (Wildman–Crippen LogP) is 3.07. The van der Waals surface area contributed by atoms with E-state index in [1.165, 1.54) is 24.3 Å². The SMILES string of the molecule is COc1cccc(CN(C)C(C)C(=O)Nc2ccc([N+](=O)[O-])cc2)c1OC. The summed E-state index contributed by atoms with van der Waals surface area (Å²) in [5.74, 6) is 1.05. The Labute approximate surface area is 157 Å². The minimum Gasteiger partial charge on any atom is -0.493 e. The predicted molar refractivity (Wildman–Crippen MR) is 102 cm³/mol. The smallest absolute Gasteiger partial charge is 0.269 e. The molecule has 0 fully saturated rings. The van der Waals surface area contributed by atoms with Gasteiger partial charge in [-0.15, -0.1) is 0 Å². The van der Waals surface area contributed by atoms with Crippen molar-refractivity contribution in [3.63, 3.8) is 0 Å². The lowest BCUT2D eigenvalue weighted by atomic mass is 10.1. The molecule has 144 valence electrons. The monoisotopic (exact) mass is 373 g/mol. The van der Waals surface area contributed by atoms with Gasteiger partial charge in [-0.1, -0.05) is 12.1 Å². The Kier molecular flexibility index (Phi) is 6.73. The number of ether oxygens (including phenoxy) is 2. The van der Waals surface area contributed by atoms with Crippen LogP contribution in [-0.4, -0.2) is 43.0 Å². The van der Waals surface area contributed by atoms with Crippen molar-refractivity contribution >= 4 is 17.3 Å². The molecule has 0 spiro atoms. The number of hydrogen-bond acceptors (Lipinski definition) is 6. The van der Waals surface area contributed by atoms with E-state index < -0.39 is 11.0 Å². The molecule has 1 atom stereocenters. The number of carbonyl (C=O) groups excluding carboxylic acids is 1. The van der Waals surface area contributed by atoms with E-state index in [2.05, 4.69) is 5.32 Å². The van der Waals surface area contributed by atoms with Crippen LogP contribution < -0.4 is 14.8 Å². The first-order chi connectivity index (χ1) is 12.9. The minimum absolute atomic E-state index is 0.0247. The molecule has 2 rings (SSSR count). The van der Waals surface area contributed by atoms with Gasteiger partial charge in [-0.05, 0) is 32.2 Å². The molecule has 0 aliphatic heterocycles. The van der Waals surface area contributed by atoms with E-state index in [0.29, 0.717) is 23.7 Å². The van der Waals surface area contributed by atoms with E-state index in [4.69, 9.17) is 9.47 Å². The number of hydrogen-bond donors (Lipinski definition) is 1. The zero-order chi connectivity index (χ0) is 20.0. The Morgan fingerprint density at radius 1 is 1.19 bits per heavy atom. The molecule has 8 nitrogen and oxygen atoms in total. The largest absolute Gasteiger partial charge is 0.493 e. The standard InChI is InChI=1S/C19H23N3O5/c1-13(19(23)20-15-8-10-16(11-9-15)22(24)25)21(2)12-14-6-5-7-17(26-3)18(14)27-4/h5-11,13H,12H2,1-4H3,(H,20,23). The number of anilines is 1. The Hall–Kier alpha value is -3.13. The average molecular weight is 373 g/mol. The maximum absolute atomic E-state index is 12.5. The van der Waals surface area contributed by atoms with Crippen molar-refractivity contribution in [2.24, 2.45) is 0 Å². The molecule has 27 heavy (non-hydrogen) atoms. The third-order valence-electron chi connectivity index (χ3n) is 4.29. The third-order valence-corrected chi connectivity index (χ3v) is 4.29. The Bertz CT molecular complexity index is 807. The topological polar surface area (TPSA) is 93.9 Å². The number of carbonyl (C=O) groups is 1. The maximum atomic E-state index is 12.5. The second kappa shape index (κ2) is 9.00. The molecule has 0 saturated heterocycles. The third kappa shape index (κ3) is 4.95. The number of nitro groups is 1. The molecule has 1 N–H and O–H groups in total. The fourth-order valence-corrected chi connectivity index (χ4v) is 2.60. The first-order valence-electron chi connectivity index (χ1n) is 8.32. The number of rotatable bonds is 8. The number of amides is 1. The quantitative estimate of drug-likeness (QED) is 0.564. The second-order valence-corrected chi connectivity index (χ2v) is 6.04. The molecule has 2 aromatic rings. The number of nitrogens with zero attached hydrogens (tertiary/aromatic N) is 2. The lowest BCUT2D eigenvalue weighted by Gasteiger charge is -2.25. The molecule has 0 aromatic heterocycles. The van der Waals surface area contributed by atoms with Crippen LogP contribution in [0, 0.1) is 10.1 Å². The van der Waals surface area contributed by atoms with Crippen LogP contribution in [0.1, 0.15) is 12.5 Å². The van der Waals surface area contributed by atoms with Crippen molar-refractivity contribution < 1.29 is 19.2 Å². The number of benzene rings is 2. The molecule has 1 amide bonds. The summed E-state index contributed by atoms with van der Waals surface area (Å²) in [4.78, 5) is 24.6. The highest BCUT2D eigenvalue weighted by molar-refractivity contribution is 5.94. The first-order valence-corrected chi connectivity index (χ1v) is 8.32. The van der Waals surface area contributed by atoms with Gasteiger partial charge >= 0.3 is 0 Å². The summed E-state index contributed by atoms with van der Waals surface area (Å²) >= 11 is 0. The van der Waals surface area contributed by atoms with Gasteiger partial charge in [0.1, 0.15) is 0 Å². The molecular weight excluding hydrogens is 350 g/mol. The first kappa shape index (κ1) is 20.2. The van der Waals surface area contributed by atoms with E-state index in [1.807, 2.05) is 30.1 Å².